The largest absolute Gasteiger partial charge is 0.477 e. The molecule has 2 N–H and O–H groups in total. The van der Waals surface area contributed by atoms with Crippen molar-refractivity contribution in [3.05, 3.63) is 51.1 Å². The fraction of sp³-hybridized carbons (Fsp3) is 0.133. The number of carbonyl (C=O) groups is 1. The molecule has 3 rings (SSSR count). The molecule has 0 bridgehead atoms. The van der Waals surface area contributed by atoms with Crippen molar-refractivity contribution in [3.63, 3.8) is 0 Å². The molecule has 108 valence electrons. The number of hydrogen-bond donors (Lipinski definition) is 2. The Morgan fingerprint density at radius 1 is 1.33 bits per heavy atom. The van der Waals surface area contributed by atoms with E-state index in [1.807, 2.05) is 24.3 Å². The molecule has 0 radical (unpaired) electrons. The Morgan fingerprint density at radius 2 is 2.14 bits per heavy atom. The van der Waals surface area contributed by atoms with Crippen LogP contribution in [0.3, 0.4) is 0 Å². The van der Waals surface area contributed by atoms with Gasteiger partial charge in [-0.2, -0.15) is 0 Å². The Bertz CT molecular complexity index is 693. The van der Waals surface area contributed by atoms with Crippen LogP contribution in [0.2, 0.25) is 5.02 Å². The van der Waals surface area contributed by atoms with Crippen molar-refractivity contribution in [2.24, 2.45) is 0 Å². The summed E-state index contributed by atoms with van der Waals surface area (Å²) in [6.07, 6.45) is -0.564. The summed E-state index contributed by atoms with van der Waals surface area (Å²) in [5, 5.41) is 6.70. The summed E-state index contributed by atoms with van der Waals surface area (Å²) in [4.78, 5) is 12.3. The first-order chi connectivity index (χ1) is 10.1. The topological polar surface area (TPSA) is 50.4 Å². The van der Waals surface area contributed by atoms with Gasteiger partial charge in [-0.25, -0.2) is 0 Å². The van der Waals surface area contributed by atoms with Crippen LogP contribution in [0.5, 0.6) is 5.75 Å². The molecule has 0 saturated heterocycles. The molecule has 0 aliphatic carbocycles. The zero-order valence-electron chi connectivity index (χ0n) is 10.9. The summed E-state index contributed by atoms with van der Waals surface area (Å²) in [5.41, 5.74) is 1.63. The smallest absolute Gasteiger partial charge is 0.267 e. The highest BCUT2D eigenvalue weighted by atomic mass is 127. The average Bonchev–Trinajstić information content (AvgIpc) is 2.49. The van der Waals surface area contributed by atoms with Crippen LogP contribution in [-0.2, 0) is 4.79 Å². The Morgan fingerprint density at radius 3 is 2.95 bits per heavy atom. The number of rotatable bonds is 2. The molecule has 1 heterocycles. The lowest BCUT2D eigenvalue weighted by molar-refractivity contribution is -0.122. The molecule has 0 aromatic heterocycles. The van der Waals surface area contributed by atoms with E-state index in [0.29, 0.717) is 17.3 Å². The van der Waals surface area contributed by atoms with E-state index in [0.717, 1.165) is 14.9 Å². The number of amides is 1. The van der Waals surface area contributed by atoms with Crippen LogP contribution in [-0.4, -0.2) is 18.6 Å². The highest BCUT2D eigenvalue weighted by Crippen LogP contribution is 2.29. The van der Waals surface area contributed by atoms with Gasteiger partial charge in [0.1, 0.15) is 5.75 Å². The van der Waals surface area contributed by atoms with Crippen LogP contribution < -0.4 is 15.4 Å². The monoisotopic (exact) mass is 414 g/mol. The molecule has 21 heavy (non-hydrogen) atoms. The molecule has 4 nitrogen and oxygen atoms in total. The van der Waals surface area contributed by atoms with Crippen molar-refractivity contribution in [3.8, 4) is 5.75 Å². The summed E-state index contributed by atoms with van der Waals surface area (Å²) in [7, 11) is 0. The van der Waals surface area contributed by atoms with E-state index < -0.39 is 6.10 Å². The van der Waals surface area contributed by atoms with Crippen molar-refractivity contribution in [1.29, 1.82) is 0 Å². The van der Waals surface area contributed by atoms with Crippen molar-refractivity contribution in [2.45, 2.75) is 6.10 Å². The first-order valence-electron chi connectivity index (χ1n) is 6.39. The molecule has 0 saturated carbocycles. The summed E-state index contributed by atoms with van der Waals surface area (Å²) in [5.74, 6) is 0.506. The van der Waals surface area contributed by atoms with Crippen molar-refractivity contribution >= 4 is 51.5 Å². The zero-order chi connectivity index (χ0) is 14.8. The minimum atomic E-state index is -0.564. The highest BCUT2D eigenvalue weighted by Gasteiger charge is 2.26. The SMILES string of the molecule is O=C(Nc1ccc(Cl)cc1I)C1CNc2ccccc2O1. The number of para-hydroxylation sites is 2. The molecule has 1 amide bonds. The van der Waals surface area contributed by atoms with Gasteiger partial charge in [-0.1, -0.05) is 23.7 Å². The quantitative estimate of drug-likeness (QED) is 0.736. The van der Waals surface area contributed by atoms with E-state index in [-0.39, 0.29) is 5.91 Å². The number of carbonyl (C=O) groups excluding carboxylic acids is 1. The number of fused-ring (bicyclic) bond motifs is 1. The number of nitrogens with one attached hydrogen (secondary N) is 2. The second kappa shape index (κ2) is 6.11. The van der Waals surface area contributed by atoms with Crippen molar-refractivity contribution < 1.29 is 9.53 Å². The number of halogens is 2. The number of ether oxygens (including phenoxy) is 1. The summed E-state index contributed by atoms with van der Waals surface area (Å²) >= 11 is 8.04. The van der Waals surface area contributed by atoms with Crippen LogP contribution in [0.15, 0.2) is 42.5 Å². The molecule has 1 unspecified atom stereocenters. The summed E-state index contributed by atoms with van der Waals surface area (Å²) in [6, 6.07) is 12.9. The fourth-order valence-corrected chi connectivity index (χ4v) is 3.07. The van der Waals surface area contributed by atoms with Crippen LogP contribution in [0, 0.1) is 3.57 Å². The van der Waals surface area contributed by atoms with Crippen LogP contribution >= 0.6 is 34.2 Å². The van der Waals surface area contributed by atoms with Gasteiger partial charge in [0.25, 0.3) is 5.91 Å². The third-order valence-electron chi connectivity index (χ3n) is 3.12. The molecule has 1 atom stereocenters. The standard InChI is InChI=1S/C15H12ClIN2O2/c16-9-5-6-11(10(17)7-9)19-15(20)14-8-18-12-3-1-2-4-13(12)21-14/h1-7,14,18H,8H2,(H,19,20). The second-order valence-electron chi connectivity index (χ2n) is 4.60. The molecule has 2 aromatic carbocycles. The molecule has 6 heteroatoms. The maximum absolute atomic E-state index is 12.3. The van der Waals surface area contributed by atoms with E-state index in [9.17, 15) is 4.79 Å². The van der Waals surface area contributed by atoms with E-state index in [2.05, 4.69) is 33.2 Å². The molecule has 0 spiro atoms. The first kappa shape index (κ1) is 14.5. The van der Waals surface area contributed by atoms with Crippen LogP contribution in [0.25, 0.3) is 0 Å². The van der Waals surface area contributed by atoms with E-state index in [4.69, 9.17) is 16.3 Å². The van der Waals surface area contributed by atoms with Gasteiger partial charge in [-0.15, -0.1) is 0 Å². The number of hydrogen-bond acceptors (Lipinski definition) is 3. The predicted octanol–water partition coefficient (Wildman–Crippen LogP) is 3.76. The minimum absolute atomic E-state index is 0.183. The Labute approximate surface area is 141 Å². The first-order valence-corrected chi connectivity index (χ1v) is 7.84. The molecule has 0 fully saturated rings. The molecule has 2 aromatic rings. The van der Waals surface area contributed by atoms with Crippen molar-refractivity contribution in [1.82, 2.24) is 0 Å². The minimum Gasteiger partial charge on any atom is -0.477 e. The van der Waals surface area contributed by atoms with Gasteiger partial charge in [0.05, 0.1) is 17.9 Å². The maximum Gasteiger partial charge on any atom is 0.267 e. The Balaban J connectivity index is 1.72. The molecule has 1 aliphatic rings. The third kappa shape index (κ3) is 3.24. The lowest BCUT2D eigenvalue weighted by atomic mass is 10.2. The van der Waals surface area contributed by atoms with Gasteiger partial charge in [0.2, 0.25) is 0 Å². The average molecular weight is 415 g/mol. The Kier molecular flexibility index (Phi) is 4.21. The lowest BCUT2D eigenvalue weighted by Gasteiger charge is -2.26. The Hall–Kier alpha value is -1.47. The van der Waals surface area contributed by atoms with Crippen molar-refractivity contribution in [2.75, 3.05) is 17.2 Å². The lowest BCUT2D eigenvalue weighted by Crippen LogP contribution is -2.41. The van der Waals surface area contributed by atoms with Gasteiger partial charge >= 0.3 is 0 Å². The number of benzene rings is 2. The second-order valence-corrected chi connectivity index (χ2v) is 6.20. The number of anilines is 2. The van der Waals surface area contributed by atoms with Gasteiger partial charge in [-0.05, 0) is 52.9 Å². The maximum atomic E-state index is 12.3. The van der Waals surface area contributed by atoms with Gasteiger partial charge in [-0.3, -0.25) is 4.79 Å². The third-order valence-corrected chi connectivity index (χ3v) is 4.24. The summed E-state index contributed by atoms with van der Waals surface area (Å²) in [6.45, 7) is 0.438. The van der Waals surface area contributed by atoms with Gasteiger partial charge in [0, 0.05) is 8.59 Å². The van der Waals surface area contributed by atoms with E-state index >= 15 is 0 Å². The molecular weight excluding hydrogens is 403 g/mol. The summed E-state index contributed by atoms with van der Waals surface area (Å²) < 4.78 is 6.61. The van der Waals surface area contributed by atoms with Gasteiger partial charge in [0.15, 0.2) is 6.10 Å². The van der Waals surface area contributed by atoms with E-state index in [1.165, 1.54) is 0 Å². The fourth-order valence-electron chi connectivity index (χ4n) is 2.06. The van der Waals surface area contributed by atoms with Crippen LogP contribution in [0.4, 0.5) is 11.4 Å². The molecule has 1 aliphatic heterocycles. The van der Waals surface area contributed by atoms with Crippen LogP contribution in [0.1, 0.15) is 0 Å². The highest BCUT2D eigenvalue weighted by molar-refractivity contribution is 14.1. The molecular formula is C15H12ClIN2O2. The normalized spacial score (nSPS) is 16.4. The van der Waals surface area contributed by atoms with Gasteiger partial charge < -0.3 is 15.4 Å². The van der Waals surface area contributed by atoms with E-state index in [1.54, 1.807) is 18.2 Å². The predicted molar refractivity (Wildman–Crippen MR) is 92.1 cm³/mol. The zero-order valence-corrected chi connectivity index (χ0v) is 13.8.